The predicted molar refractivity (Wildman–Crippen MR) is 115 cm³/mol. The van der Waals surface area contributed by atoms with Crippen molar-refractivity contribution in [2.24, 2.45) is 0 Å². The molecule has 0 unspecified atom stereocenters. The van der Waals surface area contributed by atoms with Crippen LogP contribution in [0, 0.1) is 20.8 Å². The van der Waals surface area contributed by atoms with Crippen LogP contribution in [-0.2, 0) is 6.54 Å². The Hall–Kier alpha value is -3.08. The van der Waals surface area contributed by atoms with E-state index in [1.807, 2.05) is 52.0 Å². The Bertz CT molecular complexity index is 1050. The van der Waals surface area contributed by atoms with Gasteiger partial charge in [-0.2, -0.15) is 0 Å². The number of fused-ring (bicyclic) bond motifs is 1. The first-order valence-corrected chi connectivity index (χ1v) is 9.63. The lowest BCUT2D eigenvalue weighted by Crippen LogP contribution is -2.35. The van der Waals surface area contributed by atoms with E-state index in [1.165, 1.54) is 0 Å². The van der Waals surface area contributed by atoms with Crippen LogP contribution >= 0.6 is 0 Å². The average Bonchev–Trinajstić information content (AvgIpc) is 2.64. The number of hydrogen-bond donors (Lipinski definition) is 2. The van der Waals surface area contributed by atoms with E-state index in [4.69, 9.17) is 0 Å². The van der Waals surface area contributed by atoms with Crippen LogP contribution in [0.15, 0.2) is 47.3 Å². The van der Waals surface area contributed by atoms with Crippen molar-refractivity contribution >= 4 is 22.6 Å². The standard InChI is InChI=1S/C23H27N3O2/c1-5-10-26(23(28)24-19-8-6-15(2)7-9-19)14-18-13-21(27)25-22-17(4)11-16(3)12-20(18)22/h6-9,11-13H,5,10,14H2,1-4H3,(H,24,28)(H,25,27). The highest BCUT2D eigenvalue weighted by Crippen LogP contribution is 2.22. The van der Waals surface area contributed by atoms with Gasteiger partial charge >= 0.3 is 6.03 Å². The van der Waals surface area contributed by atoms with Crippen molar-refractivity contribution in [1.82, 2.24) is 9.88 Å². The minimum atomic E-state index is -0.163. The smallest absolute Gasteiger partial charge is 0.322 e. The fourth-order valence-corrected chi connectivity index (χ4v) is 3.48. The van der Waals surface area contributed by atoms with Crippen molar-refractivity contribution < 1.29 is 4.79 Å². The monoisotopic (exact) mass is 377 g/mol. The number of hydrogen-bond acceptors (Lipinski definition) is 2. The quantitative estimate of drug-likeness (QED) is 0.664. The first-order chi connectivity index (χ1) is 13.4. The number of nitrogens with one attached hydrogen (secondary N) is 2. The topological polar surface area (TPSA) is 65.2 Å². The number of anilines is 1. The molecule has 0 aliphatic heterocycles. The second-order valence-electron chi connectivity index (χ2n) is 7.38. The van der Waals surface area contributed by atoms with Gasteiger partial charge in [0, 0.05) is 30.2 Å². The molecule has 2 amide bonds. The first kappa shape index (κ1) is 19.7. The van der Waals surface area contributed by atoms with Gasteiger partial charge in [0.2, 0.25) is 5.56 Å². The third kappa shape index (κ3) is 4.42. The molecule has 0 saturated heterocycles. The van der Waals surface area contributed by atoms with E-state index in [2.05, 4.69) is 22.4 Å². The summed E-state index contributed by atoms with van der Waals surface area (Å²) in [6.45, 7) is 9.07. The Morgan fingerprint density at radius 1 is 1.04 bits per heavy atom. The Kier molecular flexibility index (Phi) is 5.83. The largest absolute Gasteiger partial charge is 0.322 e. The van der Waals surface area contributed by atoms with Gasteiger partial charge in [-0.1, -0.05) is 36.2 Å². The van der Waals surface area contributed by atoms with E-state index in [1.54, 1.807) is 11.0 Å². The zero-order chi connectivity index (χ0) is 20.3. The van der Waals surface area contributed by atoms with Gasteiger partial charge in [0.05, 0.1) is 5.52 Å². The average molecular weight is 377 g/mol. The highest BCUT2D eigenvalue weighted by atomic mass is 16.2. The SMILES string of the molecule is CCCN(Cc1cc(=O)[nH]c2c(C)cc(C)cc12)C(=O)Nc1ccc(C)cc1. The van der Waals surface area contributed by atoms with Crippen molar-refractivity contribution in [1.29, 1.82) is 0 Å². The number of carbonyl (C=O) groups is 1. The van der Waals surface area contributed by atoms with Crippen LogP contribution in [-0.4, -0.2) is 22.5 Å². The van der Waals surface area contributed by atoms with Crippen LogP contribution in [0.5, 0.6) is 0 Å². The molecular weight excluding hydrogens is 350 g/mol. The molecule has 1 aromatic heterocycles. The normalized spacial score (nSPS) is 10.9. The van der Waals surface area contributed by atoms with Gasteiger partial charge in [-0.15, -0.1) is 0 Å². The highest BCUT2D eigenvalue weighted by Gasteiger charge is 2.16. The van der Waals surface area contributed by atoms with Gasteiger partial charge in [0.15, 0.2) is 0 Å². The molecule has 2 N–H and O–H groups in total. The molecule has 1 heterocycles. The van der Waals surface area contributed by atoms with Gasteiger partial charge < -0.3 is 15.2 Å². The summed E-state index contributed by atoms with van der Waals surface area (Å²) in [6, 6.07) is 13.3. The van der Waals surface area contributed by atoms with Crippen LogP contribution < -0.4 is 10.9 Å². The van der Waals surface area contributed by atoms with E-state index < -0.39 is 0 Å². The Morgan fingerprint density at radius 3 is 2.43 bits per heavy atom. The molecule has 146 valence electrons. The van der Waals surface area contributed by atoms with Crippen molar-refractivity contribution in [3.8, 4) is 0 Å². The van der Waals surface area contributed by atoms with Gasteiger partial charge in [-0.25, -0.2) is 4.79 Å². The molecule has 0 aliphatic carbocycles. The third-order valence-corrected chi connectivity index (χ3v) is 4.82. The van der Waals surface area contributed by atoms with Gasteiger partial charge in [-0.05, 0) is 56.5 Å². The summed E-state index contributed by atoms with van der Waals surface area (Å²) in [5, 5.41) is 3.95. The molecule has 28 heavy (non-hydrogen) atoms. The summed E-state index contributed by atoms with van der Waals surface area (Å²) in [6.07, 6.45) is 0.834. The Balaban J connectivity index is 1.93. The maximum atomic E-state index is 12.9. The number of aromatic nitrogens is 1. The molecule has 0 radical (unpaired) electrons. The maximum Gasteiger partial charge on any atom is 0.322 e. The molecule has 3 rings (SSSR count). The Labute approximate surface area is 165 Å². The second-order valence-corrected chi connectivity index (χ2v) is 7.38. The molecule has 5 nitrogen and oxygen atoms in total. The lowest BCUT2D eigenvalue weighted by molar-refractivity contribution is 0.209. The molecular formula is C23H27N3O2. The zero-order valence-corrected chi connectivity index (χ0v) is 16.9. The minimum Gasteiger partial charge on any atom is -0.322 e. The maximum absolute atomic E-state index is 12.9. The number of nitrogens with zero attached hydrogens (tertiary/aromatic N) is 1. The Morgan fingerprint density at radius 2 is 1.75 bits per heavy atom. The van der Waals surface area contributed by atoms with Crippen molar-refractivity contribution in [3.63, 3.8) is 0 Å². The minimum absolute atomic E-state index is 0.148. The molecule has 2 aromatic carbocycles. The highest BCUT2D eigenvalue weighted by molar-refractivity contribution is 5.90. The predicted octanol–water partition coefficient (Wildman–Crippen LogP) is 4.90. The summed E-state index contributed by atoms with van der Waals surface area (Å²) in [4.78, 5) is 29.8. The van der Waals surface area contributed by atoms with Crippen molar-refractivity contribution in [3.05, 3.63) is 75.1 Å². The van der Waals surface area contributed by atoms with Crippen LogP contribution in [0.4, 0.5) is 10.5 Å². The fourth-order valence-electron chi connectivity index (χ4n) is 3.48. The van der Waals surface area contributed by atoms with Crippen LogP contribution in [0.25, 0.3) is 10.9 Å². The van der Waals surface area contributed by atoms with Gasteiger partial charge in [0.1, 0.15) is 0 Å². The summed E-state index contributed by atoms with van der Waals surface area (Å²) in [5.41, 5.74) is 5.61. The number of rotatable bonds is 5. The number of aromatic amines is 1. The molecule has 5 heteroatoms. The molecule has 0 bridgehead atoms. The number of H-pyrrole nitrogens is 1. The lowest BCUT2D eigenvalue weighted by atomic mass is 10.0. The van der Waals surface area contributed by atoms with E-state index in [0.29, 0.717) is 13.1 Å². The molecule has 0 spiro atoms. The number of amides is 2. The van der Waals surface area contributed by atoms with Gasteiger partial charge in [0.25, 0.3) is 0 Å². The third-order valence-electron chi connectivity index (χ3n) is 4.82. The number of carbonyl (C=O) groups excluding carboxylic acids is 1. The summed E-state index contributed by atoms with van der Waals surface area (Å²) < 4.78 is 0. The molecule has 0 fully saturated rings. The summed E-state index contributed by atoms with van der Waals surface area (Å²) >= 11 is 0. The van der Waals surface area contributed by atoms with E-state index in [0.717, 1.165) is 45.3 Å². The number of urea groups is 1. The number of pyridine rings is 1. The lowest BCUT2D eigenvalue weighted by Gasteiger charge is -2.23. The van der Waals surface area contributed by atoms with E-state index in [-0.39, 0.29) is 11.6 Å². The van der Waals surface area contributed by atoms with Crippen LogP contribution in [0.1, 0.15) is 35.6 Å². The number of benzene rings is 2. The van der Waals surface area contributed by atoms with Crippen LogP contribution in [0.3, 0.4) is 0 Å². The zero-order valence-electron chi connectivity index (χ0n) is 16.9. The van der Waals surface area contributed by atoms with Crippen molar-refractivity contribution in [2.75, 3.05) is 11.9 Å². The molecule has 3 aromatic rings. The number of aryl methyl sites for hydroxylation is 3. The second kappa shape index (κ2) is 8.30. The molecule has 0 aliphatic rings. The van der Waals surface area contributed by atoms with E-state index >= 15 is 0 Å². The van der Waals surface area contributed by atoms with Crippen molar-refractivity contribution in [2.45, 2.75) is 40.7 Å². The van der Waals surface area contributed by atoms with Gasteiger partial charge in [-0.3, -0.25) is 4.79 Å². The summed E-state index contributed by atoms with van der Waals surface area (Å²) in [7, 11) is 0. The first-order valence-electron chi connectivity index (χ1n) is 9.63. The molecule has 0 atom stereocenters. The van der Waals surface area contributed by atoms with E-state index in [9.17, 15) is 9.59 Å². The molecule has 0 saturated carbocycles. The fraction of sp³-hybridized carbons (Fsp3) is 0.304. The van der Waals surface area contributed by atoms with Crippen LogP contribution in [0.2, 0.25) is 0 Å². The summed E-state index contributed by atoms with van der Waals surface area (Å²) in [5.74, 6) is 0.